The molecule has 98 valence electrons. The van der Waals surface area contributed by atoms with E-state index in [0.717, 1.165) is 11.9 Å². The van der Waals surface area contributed by atoms with E-state index in [1.807, 2.05) is 27.7 Å². The van der Waals surface area contributed by atoms with Gasteiger partial charge in [-0.1, -0.05) is 0 Å². The maximum absolute atomic E-state index is 6.07. The van der Waals surface area contributed by atoms with E-state index in [2.05, 4.69) is 0 Å². The van der Waals surface area contributed by atoms with E-state index in [1.165, 1.54) is 0 Å². The standard InChI is InChI=1S/C12H20O4Se/c1-11(2)13-5-8-10(16-11)9-7(6-17-8)14-12(3,4)15-9/h7-10H,5-6H2,1-4H3/t7?,8?,9-,10-/m1/s1. The van der Waals surface area contributed by atoms with Crippen molar-refractivity contribution in [1.29, 1.82) is 0 Å². The van der Waals surface area contributed by atoms with Crippen LogP contribution in [0.4, 0.5) is 0 Å². The van der Waals surface area contributed by atoms with Gasteiger partial charge in [0, 0.05) is 0 Å². The van der Waals surface area contributed by atoms with E-state index in [1.54, 1.807) is 0 Å². The first kappa shape index (κ1) is 12.4. The minimum atomic E-state index is -0.491. The Hall–Kier alpha value is 0.359. The average Bonchev–Trinajstić information content (AvgIpc) is 2.51. The third-order valence-electron chi connectivity index (χ3n) is 3.40. The Bertz CT molecular complexity index is 318. The van der Waals surface area contributed by atoms with E-state index in [-0.39, 0.29) is 18.3 Å². The molecule has 0 spiro atoms. The van der Waals surface area contributed by atoms with Crippen molar-refractivity contribution in [3.8, 4) is 0 Å². The summed E-state index contributed by atoms with van der Waals surface area (Å²) in [6.07, 6.45) is 0.424. The third-order valence-corrected chi connectivity index (χ3v) is 6.24. The first-order valence-corrected chi connectivity index (χ1v) is 8.35. The monoisotopic (exact) mass is 308 g/mol. The Kier molecular flexibility index (Phi) is 2.86. The Balaban J connectivity index is 1.80. The van der Waals surface area contributed by atoms with Crippen LogP contribution in [-0.2, 0) is 18.9 Å². The molecule has 3 aliphatic heterocycles. The Morgan fingerprint density at radius 3 is 2.41 bits per heavy atom. The van der Waals surface area contributed by atoms with Gasteiger partial charge in [-0.25, -0.2) is 0 Å². The van der Waals surface area contributed by atoms with Gasteiger partial charge >= 0.3 is 108 Å². The van der Waals surface area contributed by atoms with E-state index in [0.29, 0.717) is 19.8 Å². The average molecular weight is 307 g/mol. The summed E-state index contributed by atoms with van der Waals surface area (Å²) in [5, 5.41) is 1.11. The zero-order chi connectivity index (χ0) is 12.3. The van der Waals surface area contributed by atoms with Crippen LogP contribution >= 0.6 is 0 Å². The van der Waals surface area contributed by atoms with Gasteiger partial charge in [0.2, 0.25) is 0 Å². The third kappa shape index (κ3) is 2.29. The Labute approximate surface area is 108 Å². The van der Waals surface area contributed by atoms with Crippen LogP contribution in [0.15, 0.2) is 0 Å². The predicted octanol–water partition coefficient (Wildman–Crippen LogP) is 1.58. The first-order valence-electron chi connectivity index (χ1n) is 6.15. The summed E-state index contributed by atoms with van der Waals surface area (Å²) in [4.78, 5) is 0.509. The quantitative estimate of drug-likeness (QED) is 0.637. The molecule has 0 bridgehead atoms. The van der Waals surface area contributed by atoms with E-state index >= 15 is 0 Å². The van der Waals surface area contributed by atoms with Gasteiger partial charge in [0.25, 0.3) is 0 Å². The van der Waals surface area contributed by atoms with Gasteiger partial charge in [-0.15, -0.1) is 0 Å². The molecule has 17 heavy (non-hydrogen) atoms. The van der Waals surface area contributed by atoms with Gasteiger partial charge in [0.05, 0.1) is 0 Å². The molecule has 3 fully saturated rings. The van der Waals surface area contributed by atoms with Crippen molar-refractivity contribution < 1.29 is 18.9 Å². The molecule has 3 heterocycles. The first-order chi connectivity index (χ1) is 7.86. The molecular weight excluding hydrogens is 287 g/mol. The summed E-state index contributed by atoms with van der Waals surface area (Å²) < 4.78 is 23.8. The molecule has 0 aromatic carbocycles. The second kappa shape index (κ2) is 3.92. The van der Waals surface area contributed by atoms with Gasteiger partial charge < -0.3 is 0 Å². The van der Waals surface area contributed by atoms with Crippen molar-refractivity contribution in [2.24, 2.45) is 0 Å². The second-order valence-corrected chi connectivity index (χ2v) is 8.47. The number of rotatable bonds is 0. The van der Waals surface area contributed by atoms with Crippen molar-refractivity contribution in [1.82, 2.24) is 0 Å². The van der Waals surface area contributed by atoms with Crippen LogP contribution in [-0.4, -0.2) is 51.4 Å². The molecule has 5 heteroatoms. The maximum atomic E-state index is 6.07. The molecule has 4 atom stereocenters. The molecule has 3 aliphatic rings. The molecule has 0 aromatic heterocycles. The summed E-state index contributed by atoms with van der Waals surface area (Å²) in [5.74, 6) is -0.957. The fourth-order valence-corrected chi connectivity index (χ4v) is 5.37. The molecule has 0 saturated carbocycles. The predicted molar refractivity (Wildman–Crippen MR) is 63.0 cm³/mol. The van der Waals surface area contributed by atoms with Crippen molar-refractivity contribution in [2.45, 2.75) is 67.7 Å². The number of fused-ring (bicyclic) bond motifs is 3. The molecule has 0 aliphatic carbocycles. The summed E-state index contributed by atoms with van der Waals surface area (Å²) in [7, 11) is 0. The molecular formula is C12H20O4Se. The zero-order valence-corrected chi connectivity index (χ0v) is 12.5. The topological polar surface area (TPSA) is 36.9 Å². The molecule has 0 N–H and O–H groups in total. The van der Waals surface area contributed by atoms with Crippen LogP contribution in [0.25, 0.3) is 0 Å². The van der Waals surface area contributed by atoms with Gasteiger partial charge in [-0.05, 0) is 0 Å². The Morgan fingerprint density at radius 2 is 1.65 bits per heavy atom. The van der Waals surface area contributed by atoms with Crippen LogP contribution in [0.3, 0.4) is 0 Å². The normalized spacial score (nSPS) is 47.3. The molecule has 2 unspecified atom stereocenters. The van der Waals surface area contributed by atoms with Crippen LogP contribution in [0.5, 0.6) is 0 Å². The number of ether oxygens (including phenoxy) is 4. The van der Waals surface area contributed by atoms with Crippen molar-refractivity contribution in [2.75, 3.05) is 6.61 Å². The second-order valence-electron chi connectivity index (χ2n) is 5.80. The van der Waals surface area contributed by atoms with E-state index in [4.69, 9.17) is 18.9 Å². The van der Waals surface area contributed by atoms with Gasteiger partial charge in [0.15, 0.2) is 0 Å². The van der Waals surface area contributed by atoms with Crippen LogP contribution in [0.1, 0.15) is 27.7 Å². The van der Waals surface area contributed by atoms with Crippen LogP contribution in [0.2, 0.25) is 10.1 Å². The van der Waals surface area contributed by atoms with E-state index in [9.17, 15) is 0 Å². The molecule has 3 rings (SSSR count). The zero-order valence-electron chi connectivity index (χ0n) is 10.8. The fourth-order valence-electron chi connectivity index (χ4n) is 2.73. The number of hydrogen-bond acceptors (Lipinski definition) is 4. The van der Waals surface area contributed by atoms with Crippen molar-refractivity contribution in [3.63, 3.8) is 0 Å². The van der Waals surface area contributed by atoms with Crippen molar-refractivity contribution in [3.05, 3.63) is 0 Å². The molecule has 3 saturated heterocycles. The minimum absolute atomic E-state index is 0.0776. The summed E-state index contributed by atoms with van der Waals surface area (Å²) >= 11 is 0.520. The summed E-state index contributed by atoms with van der Waals surface area (Å²) in [6.45, 7) is 8.71. The Morgan fingerprint density at radius 1 is 0.941 bits per heavy atom. The SMILES string of the molecule is CC1(C)OC2C[Se]C3COC(C)(C)O[C@H]3[C@@H]2O1. The number of hydrogen-bond donors (Lipinski definition) is 0. The molecule has 0 amide bonds. The molecule has 0 radical (unpaired) electrons. The van der Waals surface area contributed by atoms with Crippen LogP contribution in [0, 0.1) is 0 Å². The molecule has 0 aromatic rings. The van der Waals surface area contributed by atoms with Gasteiger partial charge in [-0.3, -0.25) is 0 Å². The fraction of sp³-hybridized carbons (Fsp3) is 1.00. The van der Waals surface area contributed by atoms with Crippen LogP contribution < -0.4 is 0 Å². The summed E-state index contributed by atoms with van der Waals surface area (Å²) in [5.41, 5.74) is 0. The van der Waals surface area contributed by atoms with Gasteiger partial charge in [0.1, 0.15) is 0 Å². The van der Waals surface area contributed by atoms with Crippen molar-refractivity contribution >= 4 is 15.0 Å². The van der Waals surface area contributed by atoms with Gasteiger partial charge in [-0.2, -0.15) is 0 Å². The van der Waals surface area contributed by atoms with E-state index < -0.39 is 11.6 Å². The molecule has 4 nitrogen and oxygen atoms in total. The summed E-state index contributed by atoms with van der Waals surface area (Å²) in [6, 6.07) is 0.